The molecule has 138 valence electrons. The van der Waals surface area contributed by atoms with Gasteiger partial charge in [-0.1, -0.05) is 0 Å². The first-order chi connectivity index (χ1) is 12.5. The van der Waals surface area contributed by atoms with Crippen LogP contribution in [0.1, 0.15) is 16.8 Å². The number of hydrogen-bond donors (Lipinski definition) is 0. The zero-order valence-electron chi connectivity index (χ0n) is 16.1. The molecule has 7 nitrogen and oxygen atoms in total. The molecule has 0 spiro atoms. The van der Waals surface area contributed by atoms with Crippen molar-refractivity contribution in [1.29, 1.82) is 0 Å². The van der Waals surface area contributed by atoms with Crippen LogP contribution in [0.5, 0.6) is 0 Å². The van der Waals surface area contributed by atoms with Gasteiger partial charge in [-0.05, 0) is 25.7 Å². The van der Waals surface area contributed by atoms with Gasteiger partial charge in [0.15, 0.2) is 0 Å². The maximum absolute atomic E-state index is 4.54. The van der Waals surface area contributed by atoms with E-state index in [4.69, 9.17) is 0 Å². The largest absolute Gasteiger partial charge is 0.356 e. The summed E-state index contributed by atoms with van der Waals surface area (Å²) in [5.41, 5.74) is 3.48. The molecule has 2 fully saturated rings. The predicted octanol–water partition coefficient (Wildman–Crippen LogP) is 1.52. The summed E-state index contributed by atoms with van der Waals surface area (Å²) in [7, 11) is 3.92. The fraction of sp³-hybridized carbons (Fsp3) is 0.579. The summed E-state index contributed by atoms with van der Waals surface area (Å²) >= 11 is 0. The smallest absolute Gasteiger partial charge is 0.224 e. The van der Waals surface area contributed by atoms with E-state index in [1.54, 1.807) is 6.33 Å². The van der Waals surface area contributed by atoms with Crippen LogP contribution in [0.4, 0.5) is 11.8 Å². The van der Waals surface area contributed by atoms with Gasteiger partial charge in [-0.2, -0.15) is 0 Å². The van der Waals surface area contributed by atoms with Crippen molar-refractivity contribution in [3.63, 3.8) is 0 Å². The van der Waals surface area contributed by atoms with Crippen molar-refractivity contribution in [3.8, 4) is 0 Å². The Labute approximate surface area is 155 Å². The number of anilines is 2. The van der Waals surface area contributed by atoms with Gasteiger partial charge in [0, 0.05) is 76.0 Å². The second-order valence-corrected chi connectivity index (χ2v) is 7.81. The predicted molar refractivity (Wildman–Crippen MR) is 102 cm³/mol. The molecule has 0 aliphatic carbocycles. The van der Waals surface area contributed by atoms with Gasteiger partial charge in [-0.25, -0.2) is 19.9 Å². The highest BCUT2D eigenvalue weighted by Crippen LogP contribution is 2.35. The van der Waals surface area contributed by atoms with Crippen molar-refractivity contribution in [2.45, 2.75) is 20.4 Å². The minimum absolute atomic E-state index is 0.714. The van der Waals surface area contributed by atoms with Crippen LogP contribution in [0.3, 0.4) is 0 Å². The topological polar surface area (TPSA) is 61.3 Å². The van der Waals surface area contributed by atoms with Crippen LogP contribution < -0.4 is 9.80 Å². The van der Waals surface area contributed by atoms with Crippen LogP contribution >= 0.6 is 0 Å². The van der Waals surface area contributed by atoms with Crippen molar-refractivity contribution >= 4 is 11.8 Å². The molecule has 2 aromatic rings. The van der Waals surface area contributed by atoms with E-state index in [0.29, 0.717) is 11.8 Å². The highest BCUT2D eigenvalue weighted by molar-refractivity contribution is 5.48. The molecule has 7 heteroatoms. The lowest BCUT2D eigenvalue weighted by atomic mass is 10.0. The normalized spacial score (nSPS) is 22.7. The average Bonchev–Trinajstić information content (AvgIpc) is 3.16. The van der Waals surface area contributed by atoms with Crippen LogP contribution in [-0.2, 0) is 6.54 Å². The van der Waals surface area contributed by atoms with Crippen molar-refractivity contribution in [2.75, 3.05) is 50.1 Å². The van der Waals surface area contributed by atoms with E-state index in [1.165, 1.54) is 11.1 Å². The Hall–Kier alpha value is -2.28. The van der Waals surface area contributed by atoms with Gasteiger partial charge < -0.3 is 9.80 Å². The molecule has 2 saturated heterocycles. The molecule has 26 heavy (non-hydrogen) atoms. The Balaban J connectivity index is 1.37. The maximum atomic E-state index is 4.54. The molecule has 0 bridgehead atoms. The van der Waals surface area contributed by atoms with Gasteiger partial charge in [0.05, 0.1) is 0 Å². The second kappa shape index (κ2) is 6.79. The summed E-state index contributed by atoms with van der Waals surface area (Å²) in [5.74, 6) is 3.31. The first-order valence-corrected chi connectivity index (χ1v) is 9.25. The molecule has 2 unspecified atom stereocenters. The summed E-state index contributed by atoms with van der Waals surface area (Å²) in [6.07, 6.45) is 5.60. The standard InChI is InChI=1S/C19H27N7/c1-13-14(2)22-12-23-18(13)26-10-16-8-25(9-17(16)11-26)7-15-5-20-19(21-6-15)24(3)4/h5-6,12,16-17H,7-11H2,1-4H3. The van der Waals surface area contributed by atoms with Gasteiger partial charge >= 0.3 is 0 Å². The summed E-state index contributed by atoms with van der Waals surface area (Å²) in [6, 6.07) is 0. The number of fused-ring (bicyclic) bond motifs is 1. The quantitative estimate of drug-likeness (QED) is 0.826. The average molecular weight is 353 g/mol. The molecule has 4 rings (SSSR count). The van der Waals surface area contributed by atoms with Crippen molar-refractivity contribution in [2.24, 2.45) is 11.8 Å². The Morgan fingerprint density at radius 2 is 1.62 bits per heavy atom. The number of aromatic nitrogens is 4. The summed E-state index contributed by atoms with van der Waals surface area (Å²) in [4.78, 5) is 24.6. The van der Waals surface area contributed by atoms with E-state index in [2.05, 4.69) is 43.6 Å². The molecule has 0 radical (unpaired) electrons. The SMILES string of the molecule is Cc1ncnc(N2CC3CN(Cc4cnc(N(C)C)nc4)CC3C2)c1C. The minimum atomic E-state index is 0.714. The molecule has 2 aromatic heterocycles. The fourth-order valence-corrected chi connectivity index (χ4v) is 4.16. The van der Waals surface area contributed by atoms with Crippen LogP contribution in [0.25, 0.3) is 0 Å². The maximum Gasteiger partial charge on any atom is 0.224 e. The first-order valence-electron chi connectivity index (χ1n) is 9.25. The van der Waals surface area contributed by atoms with E-state index in [9.17, 15) is 0 Å². The van der Waals surface area contributed by atoms with Gasteiger partial charge in [-0.15, -0.1) is 0 Å². The molecule has 2 aliphatic rings. The molecule has 0 saturated carbocycles. The molecule has 2 atom stereocenters. The third-order valence-electron chi connectivity index (χ3n) is 5.67. The van der Waals surface area contributed by atoms with Gasteiger partial charge in [0.1, 0.15) is 12.1 Å². The minimum Gasteiger partial charge on any atom is -0.356 e. The van der Waals surface area contributed by atoms with Crippen molar-refractivity contribution in [3.05, 3.63) is 35.5 Å². The van der Waals surface area contributed by atoms with E-state index in [0.717, 1.165) is 50.2 Å². The number of likely N-dealkylation sites (tertiary alicyclic amines) is 1. The Kier molecular flexibility index (Phi) is 4.48. The molecule has 4 heterocycles. The van der Waals surface area contributed by atoms with E-state index >= 15 is 0 Å². The fourth-order valence-electron chi connectivity index (χ4n) is 4.16. The number of nitrogens with zero attached hydrogens (tertiary/aromatic N) is 7. The molecular formula is C19H27N7. The zero-order chi connectivity index (χ0) is 18.3. The third kappa shape index (κ3) is 3.23. The first kappa shape index (κ1) is 17.1. The van der Waals surface area contributed by atoms with Crippen LogP contribution in [0, 0.1) is 25.7 Å². The summed E-state index contributed by atoms with van der Waals surface area (Å²) in [6.45, 7) is 9.58. The lowest BCUT2D eigenvalue weighted by molar-refractivity contribution is 0.308. The lowest BCUT2D eigenvalue weighted by Gasteiger charge is -2.23. The lowest BCUT2D eigenvalue weighted by Crippen LogP contribution is -2.29. The van der Waals surface area contributed by atoms with Gasteiger partial charge in [0.25, 0.3) is 0 Å². The van der Waals surface area contributed by atoms with Crippen LogP contribution in [-0.4, -0.2) is 65.1 Å². The number of hydrogen-bond acceptors (Lipinski definition) is 7. The number of aryl methyl sites for hydroxylation is 1. The summed E-state index contributed by atoms with van der Waals surface area (Å²) in [5, 5.41) is 0. The molecule has 0 N–H and O–H groups in total. The molecular weight excluding hydrogens is 326 g/mol. The molecule has 0 aromatic carbocycles. The molecule has 0 amide bonds. The second-order valence-electron chi connectivity index (χ2n) is 7.81. The van der Waals surface area contributed by atoms with E-state index in [1.807, 2.05) is 31.4 Å². The third-order valence-corrected chi connectivity index (χ3v) is 5.67. The highest BCUT2D eigenvalue weighted by atomic mass is 15.3. The van der Waals surface area contributed by atoms with Crippen LogP contribution in [0.2, 0.25) is 0 Å². The van der Waals surface area contributed by atoms with Crippen molar-refractivity contribution < 1.29 is 0 Å². The monoisotopic (exact) mass is 353 g/mol. The molecule has 2 aliphatic heterocycles. The van der Waals surface area contributed by atoms with Crippen LogP contribution in [0.15, 0.2) is 18.7 Å². The van der Waals surface area contributed by atoms with Crippen molar-refractivity contribution in [1.82, 2.24) is 24.8 Å². The summed E-state index contributed by atoms with van der Waals surface area (Å²) < 4.78 is 0. The number of rotatable bonds is 4. The van der Waals surface area contributed by atoms with E-state index in [-0.39, 0.29) is 0 Å². The Bertz CT molecular complexity index is 760. The van der Waals surface area contributed by atoms with Gasteiger partial charge in [0.2, 0.25) is 5.95 Å². The Morgan fingerprint density at radius 1 is 0.962 bits per heavy atom. The van der Waals surface area contributed by atoms with E-state index < -0.39 is 0 Å². The Morgan fingerprint density at radius 3 is 2.23 bits per heavy atom. The van der Waals surface area contributed by atoms with Gasteiger partial charge in [-0.3, -0.25) is 4.90 Å². The highest BCUT2D eigenvalue weighted by Gasteiger charge is 2.40. The zero-order valence-corrected chi connectivity index (χ0v) is 16.1.